The van der Waals surface area contributed by atoms with Gasteiger partial charge in [-0.05, 0) is 0 Å². The van der Waals surface area contributed by atoms with Gasteiger partial charge in [0.25, 0.3) is 0 Å². The molecule has 0 unspecified atom stereocenters. The second kappa shape index (κ2) is 8.07. The van der Waals surface area contributed by atoms with E-state index < -0.39 is 31.0 Å². The molecule has 13 heavy (non-hydrogen) atoms. The maximum absolute atomic E-state index is 9.90. The molecule has 0 saturated carbocycles. The van der Waals surface area contributed by atoms with Crippen molar-refractivity contribution < 1.29 is 33.2 Å². The maximum atomic E-state index is 9.90. The largest absolute Gasteiger partial charge is 2.00 e. The van der Waals surface area contributed by atoms with Gasteiger partial charge in [0.15, 0.2) is 6.29 Å². The molecule has 0 saturated heterocycles. The Hall–Kier alpha value is 0.730. The minimum Gasteiger partial charge on any atom is -1.00 e. The van der Waals surface area contributed by atoms with Crippen LogP contribution in [0.15, 0.2) is 0 Å². The normalized spacial score (nSPS) is 19.5. The van der Waals surface area contributed by atoms with E-state index in [1.807, 2.05) is 0 Å². The van der Waals surface area contributed by atoms with Gasteiger partial charge in [-0.25, -0.2) is 0 Å². The molecule has 0 bridgehead atoms. The van der Waals surface area contributed by atoms with Crippen molar-refractivity contribution in [3.8, 4) is 0 Å². The first-order valence-corrected chi connectivity index (χ1v) is 3.33. The first-order valence-electron chi connectivity index (χ1n) is 3.33. The van der Waals surface area contributed by atoms with E-state index in [4.69, 9.17) is 25.5 Å². The number of rotatable bonds is 5. The van der Waals surface area contributed by atoms with Gasteiger partial charge < -0.3 is 33.2 Å². The fraction of sp³-hybridized carbons (Fsp3) is 0.833. The van der Waals surface area contributed by atoms with Crippen LogP contribution in [-0.4, -0.2) is 101 Å². The summed E-state index contributed by atoms with van der Waals surface area (Å²) in [7, 11) is 0. The van der Waals surface area contributed by atoms with Crippen molar-refractivity contribution in [2.75, 3.05) is 6.61 Å². The fourth-order valence-electron chi connectivity index (χ4n) is 0.618. The van der Waals surface area contributed by atoms with Gasteiger partial charge in [-0.1, -0.05) is 0 Å². The van der Waals surface area contributed by atoms with Gasteiger partial charge >= 0.3 is 37.7 Å². The van der Waals surface area contributed by atoms with Crippen LogP contribution in [0.2, 0.25) is 0 Å². The summed E-state index contributed by atoms with van der Waals surface area (Å²) in [5, 5.41) is 43.5. The second-order valence-corrected chi connectivity index (χ2v) is 2.36. The smallest absolute Gasteiger partial charge is 1.00 e. The topological polar surface area (TPSA) is 118 Å². The van der Waals surface area contributed by atoms with E-state index in [0.29, 0.717) is 0 Å². The van der Waals surface area contributed by atoms with E-state index in [1.165, 1.54) is 0 Å². The van der Waals surface area contributed by atoms with E-state index in [0.717, 1.165) is 0 Å². The molecule has 0 heterocycles. The Morgan fingerprint density at radius 3 is 1.92 bits per heavy atom. The van der Waals surface area contributed by atoms with Crippen molar-refractivity contribution in [3.05, 3.63) is 0 Å². The first kappa shape index (κ1) is 16.2. The number of carbonyl (C=O) groups is 1. The standard InChI is InChI=1S/C6H12O6.Ca.2H/c7-1-3(9)5(11)6(12)4(10)2-8;;;/h1,3-6,8-12H,2H2;;;/q;+2;2*-1/t3-,4-,5-,6-;;;/m1.../s1. The van der Waals surface area contributed by atoms with Crippen molar-refractivity contribution in [2.24, 2.45) is 0 Å². The molecule has 0 aromatic rings. The summed E-state index contributed by atoms with van der Waals surface area (Å²) in [4.78, 5) is 9.90. The maximum Gasteiger partial charge on any atom is 2.00 e. The third kappa shape index (κ3) is 5.24. The molecule has 0 rings (SSSR count). The first-order chi connectivity index (χ1) is 5.54. The van der Waals surface area contributed by atoms with Crippen LogP contribution >= 0.6 is 0 Å². The Morgan fingerprint density at radius 1 is 1.15 bits per heavy atom. The van der Waals surface area contributed by atoms with Gasteiger partial charge in [0.05, 0.1) is 6.61 Å². The molecule has 5 N–H and O–H groups in total. The van der Waals surface area contributed by atoms with E-state index in [-0.39, 0.29) is 46.9 Å². The molecule has 4 atom stereocenters. The van der Waals surface area contributed by atoms with Crippen LogP contribution in [0.1, 0.15) is 2.85 Å². The predicted molar refractivity (Wildman–Crippen MR) is 45.2 cm³/mol. The van der Waals surface area contributed by atoms with E-state index in [2.05, 4.69) is 0 Å². The van der Waals surface area contributed by atoms with Crippen LogP contribution in [0, 0.1) is 0 Å². The molecule has 0 aliphatic heterocycles. The third-order valence-corrected chi connectivity index (χ3v) is 1.42. The zero-order chi connectivity index (χ0) is 9.72. The molecule has 0 aliphatic carbocycles. The summed E-state index contributed by atoms with van der Waals surface area (Å²) in [5.41, 5.74) is 0. The zero-order valence-electron chi connectivity index (χ0n) is 8.95. The summed E-state index contributed by atoms with van der Waals surface area (Å²) in [6.07, 6.45) is -6.84. The third-order valence-electron chi connectivity index (χ3n) is 1.42. The number of aldehydes is 1. The Morgan fingerprint density at radius 2 is 1.62 bits per heavy atom. The Kier molecular flexibility index (Phi) is 10.0. The van der Waals surface area contributed by atoms with Gasteiger partial charge in [0.2, 0.25) is 0 Å². The summed E-state index contributed by atoms with van der Waals surface area (Å²) < 4.78 is 0. The van der Waals surface area contributed by atoms with Gasteiger partial charge in [-0.15, -0.1) is 0 Å². The Labute approximate surface area is 108 Å². The zero-order valence-corrected chi connectivity index (χ0v) is 9.15. The Bertz CT molecular complexity index is 152. The van der Waals surface area contributed by atoms with Gasteiger partial charge in [-0.2, -0.15) is 0 Å². The summed E-state index contributed by atoms with van der Waals surface area (Å²) >= 11 is 0. The molecule has 76 valence electrons. The molecular formula is C6H14CaO6. The monoisotopic (exact) mass is 222 g/mol. The molecular weight excluding hydrogens is 208 g/mol. The number of aliphatic hydroxyl groups is 5. The van der Waals surface area contributed by atoms with Gasteiger partial charge in [-0.3, -0.25) is 0 Å². The van der Waals surface area contributed by atoms with Gasteiger partial charge in [0, 0.05) is 0 Å². The van der Waals surface area contributed by atoms with E-state index in [9.17, 15) is 4.79 Å². The summed E-state index contributed by atoms with van der Waals surface area (Å²) in [6, 6.07) is 0. The minimum atomic E-state index is -1.79. The van der Waals surface area contributed by atoms with E-state index >= 15 is 0 Å². The summed E-state index contributed by atoms with van der Waals surface area (Å²) in [5.74, 6) is 0. The molecule has 0 aliphatic rings. The molecule has 0 aromatic heterocycles. The quantitative estimate of drug-likeness (QED) is 0.243. The van der Waals surface area contributed by atoms with E-state index in [1.54, 1.807) is 0 Å². The molecule has 0 spiro atoms. The SMILES string of the molecule is O=C[C@@H](O)[C@@H](O)[C@H](O)[C@H](O)CO.[Ca+2].[H-].[H-]. The summed E-state index contributed by atoms with van der Waals surface area (Å²) in [6.45, 7) is -0.760. The van der Waals surface area contributed by atoms with Crippen LogP contribution < -0.4 is 0 Å². The van der Waals surface area contributed by atoms with Gasteiger partial charge in [0.1, 0.15) is 24.4 Å². The van der Waals surface area contributed by atoms with Crippen molar-refractivity contribution in [3.63, 3.8) is 0 Å². The van der Waals surface area contributed by atoms with Crippen molar-refractivity contribution in [1.29, 1.82) is 0 Å². The number of aliphatic hydroxyl groups excluding tert-OH is 5. The second-order valence-electron chi connectivity index (χ2n) is 2.36. The molecule has 0 aromatic carbocycles. The molecule has 0 radical (unpaired) electrons. The van der Waals surface area contributed by atoms with Crippen molar-refractivity contribution in [2.45, 2.75) is 24.4 Å². The molecule has 0 amide bonds. The van der Waals surface area contributed by atoms with Crippen LogP contribution in [0.25, 0.3) is 0 Å². The average molecular weight is 222 g/mol. The average Bonchev–Trinajstić information content (AvgIpc) is 2.12. The fourth-order valence-corrected chi connectivity index (χ4v) is 0.618. The van der Waals surface area contributed by atoms with Crippen LogP contribution in [0.3, 0.4) is 0 Å². The van der Waals surface area contributed by atoms with Crippen LogP contribution in [0.5, 0.6) is 0 Å². The van der Waals surface area contributed by atoms with Crippen molar-refractivity contribution >= 4 is 44.0 Å². The molecule has 7 heteroatoms. The van der Waals surface area contributed by atoms with Crippen molar-refractivity contribution in [1.82, 2.24) is 0 Å². The van der Waals surface area contributed by atoms with Crippen LogP contribution in [0.4, 0.5) is 0 Å². The molecule has 6 nitrogen and oxygen atoms in total. The number of hydrogen-bond donors (Lipinski definition) is 5. The minimum absolute atomic E-state index is 0. The molecule has 0 fully saturated rings. The van der Waals surface area contributed by atoms with Crippen LogP contribution in [-0.2, 0) is 4.79 Å². The predicted octanol–water partition coefficient (Wildman–Crippen LogP) is -3.53. The number of carbonyl (C=O) groups excluding carboxylic acids is 1. The number of hydrogen-bond acceptors (Lipinski definition) is 6. The Balaban J connectivity index is -0.000000202.